The number of nitrogens with zero attached hydrogens (tertiary/aromatic N) is 4. The lowest BCUT2D eigenvalue weighted by Crippen LogP contribution is -2.56. The van der Waals surface area contributed by atoms with Crippen LogP contribution in [0.1, 0.15) is 12.8 Å². The highest BCUT2D eigenvalue weighted by Gasteiger charge is 2.40. The number of amides is 1. The molecule has 0 unspecified atom stereocenters. The van der Waals surface area contributed by atoms with Crippen molar-refractivity contribution < 1.29 is 13.6 Å². The summed E-state index contributed by atoms with van der Waals surface area (Å²) in [6, 6.07) is 0. The van der Waals surface area contributed by atoms with E-state index in [1.54, 1.807) is 23.5 Å². The summed E-state index contributed by atoms with van der Waals surface area (Å²) in [5.74, 6) is -1.98. The van der Waals surface area contributed by atoms with E-state index in [0.717, 1.165) is 5.82 Å². The standard InChI is InChI=1S/C13H16F2N4O/c14-13(15)1-5-18(6-2-13)12(20)10-8-19(9-10)11-7-16-3-4-17-11/h3-4,7,10H,1-2,5-6,8-9H2. The Labute approximate surface area is 115 Å². The number of carbonyl (C=O) groups is 1. The van der Waals surface area contributed by atoms with Gasteiger partial charge in [0.25, 0.3) is 5.92 Å². The number of hydrogen-bond acceptors (Lipinski definition) is 4. The van der Waals surface area contributed by atoms with Crippen LogP contribution in [0, 0.1) is 5.92 Å². The van der Waals surface area contributed by atoms with Gasteiger partial charge in [0.05, 0.1) is 12.1 Å². The second-order valence-corrected chi connectivity index (χ2v) is 5.35. The van der Waals surface area contributed by atoms with Gasteiger partial charge in [-0.25, -0.2) is 13.8 Å². The van der Waals surface area contributed by atoms with Crippen molar-refractivity contribution in [1.29, 1.82) is 0 Å². The van der Waals surface area contributed by atoms with E-state index in [9.17, 15) is 13.6 Å². The predicted octanol–water partition coefficient (Wildman–Crippen LogP) is 1.17. The SMILES string of the molecule is O=C(C1CN(c2cnccn2)C1)N1CCC(F)(F)CC1. The molecule has 0 spiro atoms. The van der Waals surface area contributed by atoms with Gasteiger partial charge in [-0.15, -0.1) is 0 Å². The van der Waals surface area contributed by atoms with Gasteiger partial charge in [0.15, 0.2) is 0 Å². The van der Waals surface area contributed by atoms with Crippen LogP contribution in [-0.2, 0) is 4.79 Å². The Morgan fingerprint density at radius 1 is 1.25 bits per heavy atom. The van der Waals surface area contributed by atoms with Crippen molar-refractivity contribution in [1.82, 2.24) is 14.9 Å². The summed E-state index contributed by atoms with van der Waals surface area (Å²) in [6.45, 7) is 1.50. The Morgan fingerprint density at radius 2 is 1.95 bits per heavy atom. The average Bonchev–Trinajstić information content (AvgIpc) is 2.38. The van der Waals surface area contributed by atoms with Crippen molar-refractivity contribution >= 4 is 11.7 Å². The fourth-order valence-corrected chi connectivity index (χ4v) is 2.59. The summed E-state index contributed by atoms with van der Waals surface area (Å²) in [4.78, 5) is 23.9. The highest BCUT2D eigenvalue weighted by molar-refractivity contribution is 5.82. The number of aromatic nitrogens is 2. The molecule has 1 amide bonds. The number of anilines is 1. The maximum atomic E-state index is 13.1. The lowest BCUT2D eigenvalue weighted by atomic mass is 9.96. The van der Waals surface area contributed by atoms with Gasteiger partial charge in [-0.2, -0.15) is 0 Å². The molecule has 0 bridgehead atoms. The zero-order chi connectivity index (χ0) is 14.2. The maximum absolute atomic E-state index is 13.1. The topological polar surface area (TPSA) is 49.3 Å². The van der Waals surface area contributed by atoms with Crippen molar-refractivity contribution in [3.8, 4) is 0 Å². The van der Waals surface area contributed by atoms with Crippen molar-refractivity contribution in [2.24, 2.45) is 5.92 Å². The fraction of sp³-hybridized carbons (Fsp3) is 0.615. The van der Waals surface area contributed by atoms with Crippen molar-refractivity contribution in [3.63, 3.8) is 0 Å². The zero-order valence-corrected chi connectivity index (χ0v) is 11.0. The average molecular weight is 282 g/mol. The summed E-state index contributed by atoms with van der Waals surface area (Å²) in [5.41, 5.74) is 0. The van der Waals surface area contributed by atoms with Gasteiger partial charge in [-0.1, -0.05) is 0 Å². The molecule has 0 saturated carbocycles. The largest absolute Gasteiger partial charge is 0.354 e. The second-order valence-electron chi connectivity index (χ2n) is 5.35. The third-order valence-electron chi connectivity index (χ3n) is 3.91. The molecule has 2 saturated heterocycles. The third-order valence-corrected chi connectivity index (χ3v) is 3.91. The van der Waals surface area contributed by atoms with Gasteiger partial charge in [-0.05, 0) is 0 Å². The summed E-state index contributed by atoms with van der Waals surface area (Å²) >= 11 is 0. The molecule has 0 aliphatic carbocycles. The van der Waals surface area contributed by atoms with Crippen LogP contribution >= 0.6 is 0 Å². The highest BCUT2D eigenvalue weighted by Crippen LogP contribution is 2.30. The van der Waals surface area contributed by atoms with Gasteiger partial charge >= 0.3 is 0 Å². The van der Waals surface area contributed by atoms with Crippen LogP contribution in [0.5, 0.6) is 0 Å². The molecule has 3 heterocycles. The van der Waals surface area contributed by atoms with Crippen LogP contribution in [0.4, 0.5) is 14.6 Å². The van der Waals surface area contributed by atoms with Crippen molar-refractivity contribution in [2.45, 2.75) is 18.8 Å². The molecule has 108 valence electrons. The quantitative estimate of drug-likeness (QED) is 0.817. The molecule has 2 aliphatic rings. The molecular formula is C13H16F2N4O. The first-order chi connectivity index (χ1) is 9.55. The zero-order valence-electron chi connectivity index (χ0n) is 11.0. The van der Waals surface area contributed by atoms with Crippen LogP contribution in [0.25, 0.3) is 0 Å². The smallest absolute Gasteiger partial charge is 0.251 e. The van der Waals surface area contributed by atoms with E-state index in [-0.39, 0.29) is 37.8 Å². The van der Waals surface area contributed by atoms with E-state index in [1.165, 1.54) is 0 Å². The van der Waals surface area contributed by atoms with Crippen LogP contribution in [0.2, 0.25) is 0 Å². The number of piperidine rings is 1. The van der Waals surface area contributed by atoms with E-state index in [4.69, 9.17) is 0 Å². The molecule has 3 rings (SSSR count). The number of carbonyl (C=O) groups excluding carboxylic acids is 1. The predicted molar refractivity (Wildman–Crippen MR) is 68.5 cm³/mol. The minimum Gasteiger partial charge on any atom is -0.354 e. The Kier molecular flexibility index (Phi) is 3.27. The minimum absolute atomic E-state index is 0.0133. The molecule has 0 aromatic carbocycles. The van der Waals surface area contributed by atoms with E-state index in [0.29, 0.717) is 13.1 Å². The normalized spacial score (nSPS) is 22.5. The van der Waals surface area contributed by atoms with Gasteiger partial charge in [0, 0.05) is 51.4 Å². The Balaban J connectivity index is 1.52. The number of rotatable bonds is 2. The number of alkyl halides is 2. The van der Waals surface area contributed by atoms with Crippen molar-refractivity contribution in [2.75, 3.05) is 31.1 Å². The molecule has 0 N–H and O–H groups in total. The fourth-order valence-electron chi connectivity index (χ4n) is 2.59. The number of halogens is 2. The van der Waals surface area contributed by atoms with Crippen LogP contribution in [0.15, 0.2) is 18.6 Å². The molecule has 7 heteroatoms. The Hall–Kier alpha value is -1.79. The van der Waals surface area contributed by atoms with Crippen LogP contribution in [0.3, 0.4) is 0 Å². The highest BCUT2D eigenvalue weighted by atomic mass is 19.3. The summed E-state index contributed by atoms with van der Waals surface area (Å²) in [6.07, 6.45) is 4.41. The number of hydrogen-bond donors (Lipinski definition) is 0. The Morgan fingerprint density at radius 3 is 2.55 bits per heavy atom. The molecule has 1 aromatic heterocycles. The van der Waals surface area contributed by atoms with Gasteiger partial charge in [0.1, 0.15) is 5.82 Å². The van der Waals surface area contributed by atoms with Crippen LogP contribution in [-0.4, -0.2) is 52.9 Å². The van der Waals surface area contributed by atoms with Gasteiger partial charge in [0.2, 0.25) is 5.91 Å². The monoisotopic (exact) mass is 282 g/mol. The molecular weight excluding hydrogens is 266 g/mol. The third kappa shape index (κ3) is 2.57. The van der Waals surface area contributed by atoms with E-state index in [1.807, 2.05) is 4.90 Å². The van der Waals surface area contributed by atoms with Crippen molar-refractivity contribution in [3.05, 3.63) is 18.6 Å². The van der Waals surface area contributed by atoms with E-state index < -0.39 is 5.92 Å². The molecule has 0 atom stereocenters. The summed E-state index contributed by atoms with van der Waals surface area (Å²) in [7, 11) is 0. The van der Waals surface area contributed by atoms with E-state index >= 15 is 0 Å². The first-order valence-corrected chi connectivity index (χ1v) is 6.73. The first-order valence-electron chi connectivity index (χ1n) is 6.73. The number of likely N-dealkylation sites (tertiary alicyclic amines) is 1. The lowest BCUT2D eigenvalue weighted by molar-refractivity contribution is -0.142. The molecule has 20 heavy (non-hydrogen) atoms. The first kappa shape index (κ1) is 13.2. The van der Waals surface area contributed by atoms with Crippen LogP contribution < -0.4 is 4.90 Å². The molecule has 2 aliphatic heterocycles. The lowest BCUT2D eigenvalue weighted by Gasteiger charge is -2.42. The maximum Gasteiger partial charge on any atom is 0.251 e. The van der Waals surface area contributed by atoms with E-state index in [2.05, 4.69) is 9.97 Å². The molecule has 5 nitrogen and oxygen atoms in total. The summed E-state index contributed by atoms with van der Waals surface area (Å²) in [5, 5.41) is 0. The molecule has 2 fully saturated rings. The second kappa shape index (κ2) is 4.96. The van der Waals surface area contributed by atoms with Gasteiger partial charge < -0.3 is 9.80 Å². The summed E-state index contributed by atoms with van der Waals surface area (Å²) < 4.78 is 26.1. The molecule has 0 radical (unpaired) electrons. The molecule has 1 aromatic rings. The van der Waals surface area contributed by atoms with Gasteiger partial charge in [-0.3, -0.25) is 9.78 Å². The Bertz CT molecular complexity index is 480. The minimum atomic E-state index is -2.61.